The van der Waals surface area contributed by atoms with Gasteiger partial charge in [-0.2, -0.15) is 0 Å². The minimum atomic E-state index is -3.47. The molecule has 0 heterocycles. The van der Waals surface area contributed by atoms with Crippen LogP contribution in [0.25, 0.3) is 0 Å². The highest BCUT2D eigenvalue weighted by molar-refractivity contribution is 7.89. The predicted molar refractivity (Wildman–Crippen MR) is 79.1 cm³/mol. The molecule has 0 unspecified atom stereocenters. The lowest BCUT2D eigenvalue weighted by Crippen LogP contribution is -2.38. The van der Waals surface area contributed by atoms with Gasteiger partial charge in [0.05, 0.1) is 17.4 Å². The molecule has 6 heteroatoms. The van der Waals surface area contributed by atoms with Gasteiger partial charge < -0.3 is 4.74 Å². The quantitative estimate of drug-likeness (QED) is 0.845. The molecule has 1 saturated carbocycles. The third-order valence-corrected chi connectivity index (χ3v) is 5.26. The van der Waals surface area contributed by atoms with Gasteiger partial charge in [0.2, 0.25) is 10.0 Å². The maximum Gasteiger partial charge on any atom is 0.308 e. The van der Waals surface area contributed by atoms with Crippen molar-refractivity contribution in [2.24, 2.45) is 5.92 Å². The molecular weight excluding hydrogens is 290 g/mol. The fraction of sp³-hybridized carbons (Fsp3) is 0.533. The van der Waals surface area contributed by atoms with E-state index in [0.29, 0.717) is 32.3 Å². The Morgan fingerprint density at radius 2 is 1.81 bits per heavy atom. The molecule has 1 aliphatic rings. The Balaban J connectivity index is 1.90. The number of hydrogen-bond donors (Lipinski definition) is 1. The minimum Gasteiger partial charge on any atom is -0.466 e. The third kappa shape index (κ3) is 4.28. The van der Waals surface area contributed by atoms with Gasteiger partial charge in [-0.25, -0.2) is 13.1 Å². The number of carbonyl (C=O) groups is 1. The number of rotatable bonds is 5. The molecule has 2 rings (SSSR count). The SMILES string of the molecule is CCOC(=O)C1CCC(NS(=O)(=O)c2ccccc2)CC1. The third-order valence-electron chi connectivity index (χ3n) is 3.72. The fourth-order valence-corrected chi connectivity index (χ4v) is 3.92. The van der Waals surface area contributed by atoms with Crippen LogP contribution in [0.1, 0.15) is 32.6 Å². The summed E-state index contributed by atoms with van der Waals surface area (Å²) < 4.78 is 32.2. The van der Waals surface area contributed by atoms with Crippen LogP contribution in [0.3, 0.4) is 0 Å². The van der Waals surface area contributed by atoms with Gasteiger partial charge in [-0.15, -0.1) is 0 Å². The second-order valence-corrected chi connectivity index (χ2v) is 6.95. The first-order valence-electron chi connectivity index (χ1n) is 7.27. The molecule has 0 aromatic heterocycles. The molecule has 1 N–H and O–H groups in total. The standard InChI is InChI=1S/C15H21NO4S/c1-2-20-15(17)12-8-10-13(11-9-12)16-21(18,19)14-6-4-3-5-7-14/h3-7,12-13,16H,2,8-11H2,1H3. The first-order chi connectivity index (χ1) is 10.0. The molecule has 1 fully saturated rings. The Morgan fingerprint density at radius 3 is 2.38 bits per heavy atom. The molecule has 1 aromatic rings. The Labute approximate surface area is 125 Å². The van der Waals surface area contributed by atoms with Gasteiger partial charge in [0.15, 0.2) is 0 Å². The van der Waals surface area contributed by atoms with E-state index in [1.165, 1.54) is 0 Å². The van der Waals surface area contributed by atoms with Crippen molar-refractivity contribution in [3.05, 3.63) is 30.3 Å². The molecule has 116 valence electrons. The van der Waals surface area contributed by atoms with Crippen LogP contribution in [0, 0.1) is 5.92 Å². The summed E-state index contributed by atoms with van der Waals surface area (Å²) in [4.78, 5) is 11.9. The normalized spacial score (nSPS) is 22.7. The topological polar surface area (TPSA) is 72.5 Å². The molecule has 0 amide bonds. The van der Waals surface area contributed by atoms with Gasteiger partial charge in [0, 0.05) is 6.04 Å². The molecule has 0 saturated heterocycles. The monoisotopic (exact) mass is 311 g/mol. The van der Waals surface area contributed by atoms with Gasteiger partial charge in [0.25, 0.3) is 0 Å². The zero-order valence-electron chi connectivity index (χ0n) is 12.1. The van der Waals surface area contributed by atoms with Crippen LogP contribution >= 0.6 is 0 Å². The molecule has 0 bridgehead atoms. The summed E-state index contributed by atoms with van der Waals surface area (Å²) in [6.45, 7) is 2.18. The Bertz CT molecular complexity index is 563. The molecule has 0 aliphatic heterocycles. The average molecular weight is 311 g/mol. The highest BCUT2D eigenvalue weighted by atomic mass is 32.2. The van der Waals surface area contributed by atoms with Crippen LogP contribution < -0.4 is 4.72 Å². The lowest BCUT2D eigenvalue weighted by atomic mass is 9.86. The Morgan fingerprint density at radius 1 is 1.19 bits per heavy atom. The van der Waals surface area contributed by atoms with Crippen LogP contribution in [0.4, 0.5) is 0 Å². The second kappa shape index (κ2) is 7.04. The van der Waals surface area contributed by atoms with Gasteiger partial charge >= 0.3 is 5.97 Å². The van der Waals surface area contributed by atoms with Crippen molar-refractivity contribution >= 4 is 16.0 Å². The van der Waals surface area contributed by atoms with Crippen molar-refractivity contribution in [2.75, 3.05) is 6.61 Å². The molecule has 0 radical (unpaired) electrons. The van der Waals surface area contributed by atoms with Gasteiger partial charge in [-0.05, 0) is 44.7 Å². The predicted octanol–water partition coefficient (Wildman–Crippen LogP) is 2.09. The number of carbonyl (C=O) groups excluding carboxylic acids is 1. The fourth-order valence-electron chi connectivity index (χ4n) is 2.59. The summed E-state index contributed by atoms with van der Waals surface area (Å²) >= 11 is 0. The molecule has 1 aliphatic carbocycles. The summed E-state index contributed by atoms with van der Waals surface area (Å²) in [6.07, 6.45) is 2.66. The first kappa shape index (κ1) is 16.0. The zero-order chi connectivity index (χ0) is 15.3. The van der Waals surface area contributed by atoms with Crippen molar-refractivity contribution < 1.29 is 17.9 Å². The first-order valence-corrected chi connectivity index (χ1v) is 8.75. The largest absolute Gasteiger partial charge is 0.466 e. The number of benzene rings is 1. The number of hydrogen-bond acceptors (Lipinski definition) is 4. The van der Waals surface area contributed by atoms with Crippen molar-refractivity contribution in [3.63, 3.8) is 0 Å². The van der Waals surface area contributed by atoms with Crippen molar-refractivity contribution in [1.82, 2.24) is 4.72 Å². The maximum absolute atomic E-state index is 12.2. The summed E-state index contributed by atoms with van der Waals surface area (Å²) in [5.74, 6) is -0.260. The van der Waals surface area contributed by atoms with E-state index in [9.17, 15) is 13.2 Å². The number of sulfonamides is 1. The molecule has 5 nitrogen and oxygen atoms in total. The Kier molecular flexibility index (Phi) is 5.36. The van der Waals surface area contributed by atoms with E-state index in [1.807, 2.05) is 0 Å². The van der Waals surface area contributed by atoms with E-state index in [-0.39, 0.29) is 22.8 Å². The summed E-state index contributed by atoms with van der Waals surface area (Å²) in [6, 6.07) is 8.22. The molecule has 1 aromatic carbocycles. The van der Waals surface area contributed by atoms with Crippen LogP contribution in [0.5, 0.6) is 0 Å². The maximum atomic E-state index is 12.2. The van der Waals surface area contributed by atoms with E-state index in [4.69, 9.17) is 4.74 Å². The summed E-state index contributed by atoms with van der Waals surface area (Å²) in [7, 11) is -3.47. The Hall–Kier alpha value is -1.40. The molecule has 0 atom stereocenters. The van der Waals surface area contributed by atoms with Crippen molar-refractivity contribution in [1.29, 1.82) is 0 Å². The molecular formula is C15H21NO4S. The van der Waals surface area contributed by atoms with Crippen LogP contribution in [0.2, 0.25) is 0 Å². The number of esters is 1. The van der Waals surface area contributed by atoms with Gasteiger partial charge in [0.1, 0.15) is 0 Å². The lowest BCUT2D eigenvalue weighted by Gasteiger charge is -2.27. The van der Waals surface area contributed by atoms with E-state index in [1.54, 1.807) is 37.3 Å². The van der Waals surface area contributed by atoms with Crippen LogP contribution in [0.15, 0.2) is 35.2 Å². The van der Waals surface area contributed by atoms with Crippen molar-refractivity contribution in [2.45, 2.75) is 43.5 Å². The molecule has 0 spiro atoms. The van der Waals surface area contributed by atoms with E-state index in [2.05, 4.69) is 4.72 Å². The van der Waals surface area contributed by atoms with E-state index >= 15 is 0 Å². The summed E-state index contributed by atoms with van der Waals surface area (Å²) in [5.41, 5.74) is 0. The van der Waals surface area contributed by atoms with Crippen LogP contribution in [-0.4, -0.2) is 27.0 Å². The zero-order valence-corrected chi connectivity index (χ0v) is 12.9. The van der Waals surface area contributed by atoms with Gasteiger partial charge in [-0.1, -0.05) is 18.2 Å². The second-order valence-electron chi connectivity index (χ2n) is 5.23. The minimum absolute atomic E-state index is 0.0950. The lowest BCUT2D eigenvalue weighted by molar-refractivity contribution is -0.149. The average Bonchev–Trinajstić information content (AvgIpc) is 2.49. The van der Waals surface area contributed by atoms with E-state index < -0.39 is 10.0 Å². The smallest absolute Gasteiger partial charge is 0.308 e. The highest BCUT2D eigenvalue weighted by Crippen LogP contribution is 2.26. The van der Waals surface area contributed by atoms with Crippen molar-refractivity contribution in [3.8, 4) is 0 Å². The number of ether oxygens (including phenoxy) is 1. The van der Waals surface area contributed by atoms with Gasteiger partial charge in [-0.3, -0.25) is 4.79 Å². The van der Waals surface area contributed by atoms with Crippen LogP contribution in [-0.2, 0) is 19.6 Å². The summed E-state index contributed by atoms with van der Waals surface area (Å²) in [5, 5.41) is 0. The highest BCUT2D eigenvalue weighted by Gasteiger charge is 2.29. The molecule has 21 heavy (non-hydrogen) atoms. The van der Waals surface area contributed by atoms with E-state index in [0.717, 1.165) is 0 Å². The number of nitrogens with one attached hydrogen (secondary N) is 1.